The molecular formula is C32H69NO4P+. The fourth-order valence-electron chi connectivity index (χ4n) is 5.06. The maximum absolute atomic E-state index is 12.1. The van der Waals surface area contributed by atoms with Gasteiger partial charge in [0.1, 0.15) is 13.2 Å². The fourth-order valence-corrected chi connectivity index (χ4v) is 5.80. The van der Waals surface area contributed by atoms with Gasteiger partial charge < -0.3 is 9.38 Å². The van der Waals surface area contributed by atoms with Gasteiger partial charge in [0, 0.05) is 0 Å². The molecule has 0 aliphatic rings. The number of nitrogens with zero attached hydrogens (tertiary/aromatic N) is 1. The van der Waals surface area contributed by atoms with Crippen LogP contribution in [0.15, 0.2) is 0 Å². The summed E-state index contributed by atoms with van der Waals surface area (Å²) in [5, 5.41) is 0. The molecule has 0 aliphatic heterocycles. The van der Waals surface area contributed by atoms with E-state index < -0.39 is 7.82 Å². The summed E-state index contributed by atoms with van der Waals surface area (Å²) in [4.78, 5) is 9.92. The molecule has 5 nitrogen and oxygen atoms in total. The minimum absolute atomic E-state index is 0.258. The molecule has 0 saturated heterocycles. The second-order valence-corrected chi connectivity index (χ2v) is 13.7. The quantitative estimate of drug-likeness (QED) is 0.0519. The molecule has 0 aromatic carbocycles. The SMILES string of the molecule is CCCCCCCCCCCCCCCCCCCCCCOP(=O)(O)OCC[N+](C)(C)CCCCCC. The maximum atomic E-state index is 12.1. The Labute approximate surface area is 239 Å². The number of phosphoric ester groups is 1. The van der Waals surface area contributed by atoms with Crippen molar-refractivity contribution in [1.29, 1.82) is 0 Å². The molecule has 0 aliphatic carbocycles. The van der Waals surface area contributed by atoms with Gasteiger partial charge in [-0.25, -0.2) is 4.57 Å². The first kappa shape index (κ1) is 38.1. The van der Waals surface area contributed by atoms with Crippen LogP contribution in [0.4, 0.5) is 0 Å². The molecule has 0 aromatic rings. The molecule has 0 bridgehead atoms. The van der Waals surface area contributed by atoms with Crippen LogP contribution in [-0.4, -0.2) is 49.8 Å². The average Bonchev–Trinajstić information content (AvgIpc) is 2.87. The minimum atomic E-state index is -3.92. The summed E-state index contributed by atoms with van der Waals surface area (Å²) in [7, 11) is 0.381. The average molecular weight is 563 g/mol. The van der Waals surface area contributed by atoms with Gasteiger partial charge in [0.2, 0.25) is 0 Å². The Bertz CT molecular complexity index is 530. The van der Waals surface area contributed by atoms with Crippen LogP contribution in [0.1, 0.15) is 168 Å². The molecule has 230 valence electrons. The molecule has 1 atom stereocenters. The predicted molar refractivity (Wildman–Crippen MR) is 166 cm³/mol. The Morgan fingerprint density at radius 2 is 0.789 bits per heavy atom. The molecule has 1 N–H and O–H groups in total. The molecule has 0 radical (unpaired) electrons. The van der Waals surface area contributed by atoms with Crippen LogP contribution in [0.5, 0.6) is 0 Å². The zero-order valence-electron chi connectivity index (χ0n) is 26.4. The number of unbranched alkanes of at least 4 members (excludes halogenated alkanes) is 22. The smallest absolute Gasteiger partial charge is 0.327 e. The van der Waals surface area contributed by atoms with E-state index in [0.29, 0.717) is 6.61 Å². The number of hydrogen-bond donors (Lipinski definition) is 1. The van der Waals surface area contributed by atoms with Gasteiger partial charge in [-0.1, -0.05) is 149 Å². The summed E-state index contributed by atoms with van der Waals surface area (Å²) < 4.78 is 23.3. The second-order valence-electron chi connectivity index (χ2n) is 12.3. The van der Waals surface area contributed by atoms with E-state index >= 15 is 0 Å². The summed E-state index contributed by atoms with van der Waals surface area (Å²) in [6.45, 7) is 6.86. The van der Waals surface area contributed by atoms with Gasteiger partial charge in [-0.2, -0.15) is 0 Å². The van der Waals surface area contributed by atoms with Crippen molar-refractivity contribution in [2.45, 2.75) is 168 Å². The molecular weight excluding hydrogens is 493 g/mol. The Balaban J connectivity index is 3.38. The highest BCUT2D eigenvalue weighted by atomic mass is 31.2. The predicted octanol–water partition coefficient (Wildman–Crippen LogP) is 10.6. The van der Waals surface area contributed by atoms with Gasteiger partial charge in [-0.15, -0.1) is 0 Å². The fraction of sp³-hybridized carbons (Fsp3) is 1.00. The van der Waals surface area contributed by atoms with E-state index in [2.05, 4.69) is 27.9 Å². The van der Waals surface area contributed by atoms with Crippen LogP contribution in [0.2, 0.25) is 0 Å². The Morgan fingerprint density at radius 3 is 1.18 bits per heavy atom. The summed E-state index contributed by atoms with van der Waals surface area (Å²) in [6.07, 6.45) is 31.8. The van der Waals surface area contributed by atoms with Crippen LogP contribution in [0.25, 0.3) is 0 Å². The molecule has 0 fully saturated rings. The summed E-state index contributed by atoms with van der Waals surface area (Å²) in [6, 6.07) is 0. The number of phosphoric acid groups is 1. The first-order valence-electron chi connectivity index (χ1n) is 16.8. The van der Waals surface area contributed by atoms with Crippen LogP contribution >= 0.6 is 7.82 Å². The number of likely N-dealkylation sites (N-methyl/N-ethyl adjacent to an activating group) is 1. The van der Waals surface area contributed by atoms with Gasteiger partial charge in [-0.05, 0) is 19.3 Å². The lowest BCUT2D eigenvalue weighted by Crippen LogP contribution is -2.42. The molecule has 1 unspecified atom stereocenters. The monoisotopic (exact) mass is 562 g/mol. The van der Waals surface area contributed by atoms with Crippen LogP contribution in [-0.2, 0) is 13.6 Å². The third-order valence-corrected chi connectivity index (χ3v) is 8.84. The standard InChI is InChI=1S/C32H68NO4P/c1-5-7-9-11-12-13-14-15-16-17-18-19-20-21-22-23-24-25-26-28-31-36-38(34,35)37-32-30-33(3,4)29-27-10-8-6-2/h5-32H2,1-4H3/p+1. The van der Waals surface area contributed by atoms with Crippen molar-refractivity contribution in [3.8, 4) is 0 Å². The van der Waals surface area contributed by atoms with Crippen molar-refractivity contribution in [1.82, 2.24) is 0 Å². The van der Waals surface area contributed by atoms with Gasteiger partial charge in [0.05, 0.1) is 27.2 Å². The van der Waals surface area contributed by atoms with Crippen molar-refractivity contribution in [2.75, 3.05) is 40.4 Å². The van der Waals surface area contributed by atoms with Crippen LogP contribution in [0.3, 0.4) is 0 Å². The largest absolute Gasteiger partial charge is 0.472 e. The molecule has 0 saturated carbocycles. The minimum Gasteiger partial charge on any atom is -0.327 e. The number of quaternary nitrogens is 1. The van der Waals surface area contributed by atoms with E-state index in [9.17, 15) is 9.46 Å². The molecule has 0 heterocycles. The van der Waals surface area contributed by atoms with Crippen molar-refractivity contribution >= 4 is 7.82 Å². The summed E-state index contributed by atoms with van der Waals surface area (Å²) >= 11 is 0. The number of rotatable bonds is 31. The molecule has 0 rings (SSSR count). The molecule has 0 spiro atoms. The van der Waals surface area contributed by atoms with Gasteiger partial charge >= 0.3 is 7.82 Å². The third kappa shape index (κ3) is 29.1. The van der Waals surface area contributed by atoms with Crippen LogP contribution in [0, 0.1) is 0 Å². The highest BCUT2D eigenvalue weighted by Crippen LogP contribution is 2.43. The van der Waals surface area contributed by atoms with E-state index in [1.54, 1.807) is 0 Å². The van der Waals surface area contributed by atoms with Gasteiger partial charge in [0.25, 0.3) is 0 Å². The maximum Gasteiger partial charge on any atom is 0.472 e. The van der Waals surface area contributed by atoms with Crippen molar-refractivity contribution in [2.24, 2.45) is 0 Å². The normalized spacial score (nSPS) is 13.7. The van der Waals surface area contributed by atoms with E-state index in [4.69, 9.17) is 9.05 Å². The van der Waals surface area contributed by atoms with Gasteiger partial charge in [0.15, 0.2) is 0 Å². The summed E-state index contributed by atoms with van der Waals surface area (Å²) in [5.74, 6) is 0. The summed E-state index contributed by atoms with van der Waals surface area (Å²) in [5.41, 5.74) is 0. The van der Waals surface area contributed by atoms with Crippen molar-refractivity contribution < 1.29 is 23.0 Å². The topological polar surface area (TPSA) is 55.8 Å². The lowest BCUT2D eigenvalue weighted by Gasteiger charge is -2.29. The molecule has 0 amide bonds. The zero-order valence-corrected chi connectivity index (χ0v) is 27.3. The van der Waals surface area contributed by atoms with E-state index in [-0.39, 0.29) is 6.61 Å². The van der Waals surface area contributed by atoms with Crippen molar-refractivity contribution in [3.63, 3.8) is 0 Å². The second kappa shape index (κ2) is 27.3. The van der Waals surface area contributed by atoms with E-state index in [1.807, 2.05) is 0 Å². The Hall–Kier alpha value is 0.0700. The number of hydrogen-bond acceptors (Lipinski definition) is 3. The molecule has 38 heavy (non-hydrogen) atoms. The van der Waals surface area contributed by atoms with Crippen molar-refractivity contribution in [3.05, 3.63) is 0 Å². The first-order valence-corrected chi connectivity index (χ1v) is 18.3. The Kier molecular flexibility index (Phi) is 27.3. The lowest BCUT2D eigenvalue weighted by molar-refractivity contribution is -0.890. The Morgan fingerprint density at radius 1 is 0.474 bits per heavy atom. The molecule has 6 heteroatoms. The van der Waals surface area contributed by atoms with Gasteiger partial charge in [-0.3, -0.25) is 9.05 Å². The highest BCUT2D eigenvalue weighted by Gasteiger charge is 2.23. The lowest BCUT2D eigenvalue weighted by atomic mass is 10.0. The van der Waals surface area contributed by atoms with Crippen LogP contribution < -0.4 is 0 Å². The molecule has 0 aromatic heterocycles. The van der Waals surface area contributed by atoms with E-state index in [0.717, 1.165) is 30.4 Å². The van der Waals surface area contributed by atoms with E-state index in [1.165, 1.54) is 141 Å². The third-order valence-electron chi connectivity index (χ3n) is 7.82. The zero-order chi connectivity index (χ0) is 28.2. The first-order chi connectivity index (χ1) is 18.3. The highest BCUT2D eigenvalue weighted by molar-refractivity contribution is 7.47.